The van der Waals surface area contributed by atoms with Crippen LogP contribution in [0.3, 0.4) is 0 Å². The predicted octanol–water partition coefficient (Wildman–Crippen LogP) is 3.44. The van der Waals surface area contributed by atoms with Crippen LogP contribution in [-0.4, -0.2) is 65.7 Å². The topological polar surface area (TPSA) is 76.4 Å². The molecule has 2 aromatic carbocycles. The van der Waals surface area contributed by atoms with Crippen LogP contribution in [0.1, 0.15) is 24.8 Å². The van der Waals surface area contributed by atoms with E-state index in [-0.39, 0.29) is 25.0 Å². The third-order valence-electron chi connectivity index (χ3n) is 5.98. The molecule has 34 heavy (non-hydrogen) atoms. The highest BCUT2D eigenvalue weighted by Gasteiger charge is 2.20. The molecule has 0 N–H and O–H groups in total. The van der Waals surface area contributed by atoms with Gasteiger partial charge >= 0.3 is 0 Å². The van der Waals surface area contributed by atoms with Crippen molar-refractivity contribution in [1.82, 2.24) is 14.4 Å². The Balaban J connectivity index is 1.34. The molecule has 2 heterocycles. The summed E-state index contributed by atoms with van der Waals surface area (Å²) in [7, 11) is 3.52. The normalized spacial score (nSPS) is 13.9. The van der Waals surface area contributed by atoms with Crippen molar-refractivity contribution in [2.24, 2.45) is 12.2 Å². The Morgan fingerprint density at radius 2 is 1.82 bits per heavy atom. The third kappa shape index (κ3) is 5.75. The van der Waals surface area contributed by atoms with Crippen LogP contribution in [0.2, 0.25) is 0 Å². The number of carbonyl (C=O) groups excluding carboxylic acids is 2. The summed E-state index contributed by atoms with van der Waals surface area (Å²) in [6.07, 6.45) is 4.87. The van der Waals surface area contributed by atoms with E-state index in [0.717, 1.165) is 48.8 Å². The van der Waals surface area contributed by atoms with Gasteiger partial charge in [-0.1, -0.05) is 29.4 Å². The van der Waals surface area contributed by atoms with Crippen LogP contribution in [0.25, 0.3) is 10.9 Å². The lowest BCUT2D eigenvalue weighted by molar-refractivity contribution is -0.141. The van der Waals surface area contributed by atoms with E-state index in [4.69, 9.17) is 9.57 Å². The van der Waals surface area contributed by atoms with Crippen LogP contribution in [0, 0.1) is 0 Å². The molecule has 4 rings (SSSR count). The highest BCUT2D eigenvalue weighted by molar-refractivity contribution is 5.90. The number of piperidine rings is 1. The number of oxime groups is 1. The molecule has 1 aromatic heterocycles. The number of likely N-dealkylation sites (N-methyl/N-ethyl adjacent to an activating group) is 1. The highest BCUT2D eigenvalue weighted by Crippen LogP contribution is 2.25. The second kappa shape index (κ2) is 10.9. The number of benzene rings is 2. The number of amides is 2. The summed E-state index contributed by atoms with van der Waals surface area (Å²) in [5, 5.41) is 5.00. The Bertz CT molecular complexity index is 1170. The lowest BCUT2D eigenvalue weighted by atomic mass is 10.1. The molecule has 178 valence electrons. The number of para-hydroxylation sites is 1. The van der Waals surface area contributed by atoms with E-state index in [1.54, 1.807) is 13.3 Å². The van der Waals surface area contributed by atoms with Crippen LogP contribution in [0.15, 0.2) is 59.8 Å². The molecule has 1 aliphatic rings. The van der Waals surface area contributed by atoms with Crippen LogP contribution < -0.4 is 9.57 Å². The number of hydrogen-bond acceptors (Lipinski definition) is 5. The average Bonchev–Trinajstić information content (AvgIpc) is 3.18. The van der Waals surface area contributed by atoms with Crippen LogP contribution in [-0.2, 0) is 16.6 Å². The standard InChI is InChI=1S/C26H30N4O4/c1-28(18-24(31)30-13-7-4-8-14-30)25(32)19-33-26-16-21-15-20(11-12-23(21)29(26)2)17-27-34-22-9-5-3-6-10-22/h3,5-6,9-12,15-17H,4,7-8,13-14,18-19H2,1-2H3. The number of fused-ring (bicyclic) bond motifs is 1. The lowest BCUT2D eigenvalue weighted by Gasteiger charge is -2.28. The number of carbonyl (C=O) groups is 2. The van der Waals surface area contributed by atoms with E-state index in [1.165, 1.54) is 4.90 Å². The first-order chi connectivity index (χ1) is 16.5. The first-order valence-corrected chi connectivity index (χ1v) is 11.5. The monoisotopic (exact) mass is 462 g/mol. The number of ether oxygens (including phenoxy) is 1. The fraction of sp³-hybridized carbons (Fsp3) is 0.346. The minimum atomic E-state index is -0.235. The number of aryl methyl sites for hydroxylation is 1. The van der Waals surface area contributed by atoms with Gasteiger partial charge in [0.2, 0.25) is 5.91 Å². The first kappa shape index (κ1) is 23.4. The van der Waals surface area contributed by atoms with Crippen molar-refractivity contribution in [3.05, 3.63) is 60.2 Å². The molecule has 1 fully saturated rings. The van der Waals surface area contributed by atoms with Crippen molar-refractivity contribution in [2.45, 2.75) is 19.3 Å². The maximum Gasteiger partial charge on any atom is 0.260 e. The minimum absolute atomic E-state index is 0.00871. The second-order valence-corrected chi connectivity index (χ2v) is 8.48. The number of nitrogens with zero attached hydrogens (tertiary/aromatic N) is 4. The van der Waals surface area contributed by atoms with E-state index in [2.05, 4.69) is 5.16 Å². The summed E-state index contributed by atoms with van der Waals surface area (Å²) >= 11 is 0. The van der Waals surface area contributed by atoms with Crippen molar-refractivity contribution in [2.75, 3.05) is 33.3 Å². The molecular formula is C26H30N4O4. The molecule has 8 nitrogen and oxygen atoms in total. The van der Waals surface area contributed by atoms with Crippen molar-refractivity contribution in [3.8, 4) is 11.6 Å². The van der Waals surface area contributed by atoms with Gasteiger partial charge in [0.05, 0.1) is 18.3 Å². The van der Waals surface area contributed by atoms with Gasteiger partial charge in [-0.2, -0.15) is 0 Å². The van der Waals surface area contributed by atoms with Gasteiger partial charge in [0.1, 0.15) is 0 Å². The fourth-order valence-corrected chi connectivity index (χ4v) is 3.97. The van der Waals surface area contributed by atoms with E-state index in [0.29, 0.717) is 11.6 Å². The zero-order valence-electron chi connectivity index (χ0n) is 19.6. The second-order valence-electron chi connectivity index (χ2n) is 8.48. The fourth-order valence-electron chi connectivity index (χ4n) is 3.97. The SMILES string of the molecule is CN(CC(=O)N1CCCCC1)C(=O)COc1cc2cc(C=NOc3ccccc3)ccc2n1C. The first-order valence-electron chi connectivity index (χ1n) is 11.5. The van der Waals surface area contributed by atoms with E-state index >= 15 is 0 Å². The maximum atomic E-state index is 12.5. The van der Waals surface area contributed by atoms with Gasteiger partial charge in [-0.05, 0) is 49.1 Å². The average molecular weight is 463 g/mol. The van der Waals surface area contributed by atoms with E-state index in [1.807, 2.05) is 71.1 Å². The van der Waals surface area contributed by atoms with Crippen molar-refractivity contribution >= 4 is 28.9 Å². The molecule has 8 heteroatoms. The van der Waals surface area contributed by atoms with Gasteiger partial charge in [-0.15, -0.1) is 0 Å². The van der Waals surface area contributed by atoms with Crippen LogP contribution in [0.5, 0.6) is 11.6 Å². The summed E-state index contributed by atoms with van der Waals surface area (Å²) in [5.74, 6) is 1.00. The Morgan fingerprint density at radius 1 is 1.06 bits per heavy atom. The smallest absolute Gasteiger partial charge is 0.260 e. The summed E-state index contributed by atoms with van der Waals surface area (Å²) < 4.78 is 7.69. The molecule has 3 aromatic rings. The van der Waals surface area contributed by atoms with Gasteiger partial charge in [-0.3, -0.25) is 9.59 Å². The molecule has 0 saturated carbocycles. The van der Waals surface area contributed by atoms with Crippen molar-refractivity contribution < 1.29 is 19.2 Å². The van der Waals surface area contributed by atoms with Crippen LogP contribution >= 0.6 is 0 Å². The zero-order valence-corrected chi connectivity index (χ0v) is 19.6. The molecule has 0 aliphatic carbocycles. The molecule has 0 unspecified atom stereocenters. The number of rotatable bonds is 8. The van der Waals surface area contributed by atoms with Gasteiger partial charge in [-0.25, -0.2) is 0 Å². The third-order valence-corrected chi connectivity index (χ3v) is 5.98. The molecule has 0 radical (unpaired) electrons. The van der Waals surface area contributed by atoms with E-state index < -0.39 is 0 Å². The largest absolute Gasteiger partial charge is 0.469 e. The Kier molecular flexibility index (Phi) is 7.47. The highest BCUT2D eigenvalue weighted by atomic mass is 16.6. The van der Waals surface area contributed by atoms with E-state index in [9.17, 15) is 9.59 Å². The molecule has 0 spiro atoms. The Labute approximate surface area is 199 Å². The molecule has 2 amide bonds. The van der Waals surface area contributed by atoms with Gasteiger partial charge in [0.15, 0.2) is 18.2 Å². The summed E-state index contributed by atoms with van der Waals surface area (Å²) in [6.45, 7) is 1.50. The molecular weight excluding hydrogens is 432 g/mol. The Morgan fingerprint density at radius 3 is 2.59 bits per heavy atom. The van der Waals surface area contributed by atoms with Crippen molar-refractivity contribution in [3.63, 3.8) is 0 Å². The summed E-state index contributed by atoms with van der Waals surface area (Å²) in [6, 6.07) is 17.1. The van der Waals surface area contributed by atoms with Gasteiger partial charge < -0.3 is 23.9 Å². The minimum Gasteiger partial charge on any atom is -0.469 e. The predicted molar refractivity (Wildman–Crippen MR) is 131 cm³/mol. The molecule has 0 atom stereocenters. The number of hydrogen-bond donors (Lipinski definition) is 0. The molecule has 1 aliphatic heterocycles. The lowest BCUT2D eigenvalue weighted by Crippen LogP contribution is -2.44. The maximum absolute atomic E-state index is 12.5. The number of likely N-dealkylation sites (tertiary alicyclic amines) is 1. The van der Waals surface area contributed by atoms with Crippen molar-refractivity contribution in [1.29, 1.82) is 0 Å². The summed E-state index contributed by atoms with van der Waals surface area (Å²) in [5.41, 5.74) is 1.85. The quantitative estimate of drug-likeness (QED) is 0.380. The van der Waals surface area contributed by atoms with Crippen LogP contribution in [0.4, 0.5) is 0 Å². The zero-order chi connectivity index (χ0) is 23.9. The van der Waals surface area contributed by atoms with Gasteiger partial charge in [0.25, 0.3) is 5.91 Å². The summed E-state index contributed by atoms with van der Waals surface area (Å²) in [4.78, 5) is 33.6. The Hall–Kier alpha value is -3.81. The molecule has 1 saturated heterocycles. The van der Waals surface area contributed by atoms with Gasteiger partial charge in [0, 0.05) is 38.6 Å². The molecule has 0 bridgehead atoms. The number of aromatic nitrogens is 1.